The van der Waals surface area contributed by atoms with Gasteiger partial charge in [-0.2, -0.15) is 0 Å². The number of hydrogen-bond donors (Lipinski definition) is 1. The molecule has 0 saturated carbocycles. The van der Waals surface area contributed by atoms with E-state index < -0.39 is 11.9 Å². The van der Waals surface area contributed by atoms with Gasteiger partial charge in [0.2, 0.25) is 5.91 Å². The summed E-state index contributed by atoms with van der Waals surface area (Å²) in [6.07, 6.45) is 4.31. The summed E-state index contributed by atoms with van der Waals surface area (Å²) in [6, 6.07) is 7.78. The number of imidazole rings is 1. The number of carbonyl (C=O) groups is 2. The molecule has 3 heterocycles. The van der Waals surface area contributed by atoms with E-state index in [1.54, 1.807) is 10.3 Å². The van der Waals surface area contributed by atoms with Crippen molar-refractivity contribution in [1.82, 2.24) is 14.3 Å². The van der Waals surface area contributed by atoms with Crippen LogP contribution in [0.25, 0.3) is 16.2 Å². The number of hydrogen-bond acceptors (Lipinski definition) is 4. The number of nitrogens with zero attached hydrogens (tertiary/aromatic N) is 3. The van der Waals surface area contributed by atoms with E-state index in [0.717, 1.165) is 29.1 Å². The average Bonchev–Trinajstić information content (AvgIpc) is 3.36. The lowest BCUT2D eigenvalue weighted by Crippen LogP contribution is -2.44. The normalized spacial score (nSPS) is 17.1. The zero-order valence-electron chi connectivity index (χ0n) is 14.5. The molecule has 3 aromatic rings. The van der Waals surface area contributed by atoms with Gasteiger partial charge >= 0.3 is 0 Å². The molecule has 0 radical (unpaired) electrons. The summed E-state index contributed by atoms with van der Waals surface area (Å²) in [4.78, 5) is 31.5. The molecule has 134 valence electrons. The Bertz CT molecular complexity index is 973. The van der Waals surface area contributed by atoms with Crippen molar-refractivity contribution in [2.24, 2.45) is 5.73 Å². The fourth-order valence-corrected chi connectivity index (χ4v) is 4.29. The maximum Gasteiger partial charge on any atom is 0.272 e. The number of thiazole rings is 1. The Labute approximate surface area is 155 Å². The fraction of sp³-hybridized carbons (Fsp3) is 0.316. The lowest BCUT2D eigenvalue weighted by molar-refractivity contribution is -0.121. The molecule has 0 aliphatic carbocycles. The number of benzene rings is 1. The summed E-state index contributed by atoms with van der Waals surface area (Å²) in [6.45, 7) is 2.68. The van der Waals surface area contributed by atoms with Crippen LogP contribution in [0.3, 0.4) is 0 Å². The van der Waals surface area contributed by atoms with Gasteiger partial charge < -0.3 is 10.6 Å². The summed E-state index contributed by atoms with van der Waals surface area (Å²) in [5.41, 5.74) is 9.11. The largest absolute Gasteiger partial charge is 0.368 e. The lowest BCUT2D eigenvalue weighted by atomic mass is 10.1. The van der Waals surface area contributed by atoms with Gasteiger partial charge in [0, 0.05) is 23.7 Å². The van der Waals surface area contributed by atoms with Crippen LogP contribution >= 0.6 is 11.3 Å². The topological polar surface area (TPSA) is 80.7 Å². The Balaban J connectivity index is 1.67. The number of aromatic nitrogens is 2. The molecule has 2 aromatic heterocycles. The van der Waals surface area contributed by atoms with Crippen molar-refractivity contribution in [3.05, 3.63) is 47.1 Å². The summed E-state index contributed by atoms with van der Waals surface area (Å²) >= 11 is 1.42. The number of likely N-dealkylation sites (tertiary alicyclic amines) is 1. The van der Waals surface area contributed by atoms with Crippen molar-refractivity contribution in [1.29, 1.82) is 0 Å². The molecule has 1 aliphatic heterocycles. The van der Waals surface area contributed by atoms with Crippen molar-refractivity contribution in [3.8, 4) is 11.3 Å². The first-order valence-electron chi connectivity index (χ1n) is 8.74. The molecule has 1 aliphatic rings. The molecule has 7 heteroatoms. The van der Waals surface area contributed by atoms with Gasteiger partial charge in [0.05, 0.1) is 5.69 Å². The molecule has 1 atom stereocenters. The highest BCUT2D eigenvalue weighted by Gasteiger charge is 2.34. The van der Waals surface area contributed by atoms with Crippen molar-refractivity contribution in [3.63, 3.8) is 0 Å². The highest BCUT2D eigenvalue weighted by atomic mass is 32.1. The van der Waals surface area contributed by atoms with E-state index in [2.05, 4.69) is 36.2 Å². The van der Waals surface area contributed by atoms with Crippen molar-refractivity contribution in [2.45, 2.75) is 32.2 Å². The molecule has 2 amide bonds. The Hall–Kier alpha value is -2.67. The van der Waals surface area contributed by atoms with E-state index >= 15 is 0 Å². The number of primary amides is 1. The van der Waals surface area contributed by atoms with Gasteiger partial charge in [-0.1, -0.05) is 31.2 Å². The van der Waals surface area contributed by atoms with Crippen molar-refractivity contribution >= 4 is 28.1 Å². The zero-order valence-corrected chi connectivity index (χ0v) is 15.3. The van der Waals surface area contributed by atoms with Crippen LogP contribution in [0, 0.1) is 0 Å². The zero-order chi connectivity index (χ0) is 18.3. The van der Waals surface area contributed by atoms with Crippen LogP contribution in [0.5, 0.6) is 0 Å². The first-order chi connectivity index (χ1) is 12.6. The Morgan fingerprint density at radius 3 is 2.77 bits per heavy atom. The smallest absolute Gasteiger partial charge is 0.272 e. The molecule has 26 heavy (non-hydrogen) atoms. The third-order valence-corrected chi connectivity index (χ3v) is 5.77. The minimum atomic E-state index is -0.512. The first-order valence-corrected chi connectivity index (χ1v) is 9.62. The third kappa shape index (κ3) is 2.78. The van der Waals surface area contributed by atoms with Crippen molar-refractivity contribution in [2.75, 3.05) is 6.54 Å². The quantitative estimate of drug-likeness (QED) is 0.769. The first kappa shape index (κ1) is 16.8. The second-order valence-corrected chi connectivity index (χ2v) is 7.35. The van der Waals surface area contributed by atoms with Crippen LogP contribution in [0.15, 0.2) is 35.8 Å². The highest BCUT2D eigenvalue weighted by Crippen LogP contribution is 2.26. The number of nitrogens with two attached hydrogens (primary N) is 1. The Kier molecular flexibility index (Phi) is 4.24. The van der Waals surface area contributed by atoms with Gasteiger partial charge in [-0.25, -0.2) is 4.98 Å². The van der Waals surface area contributed by atoms with Crippen LogP contribution in [-0.4, -0.2) is 38.7 Å². The molecule has 0 spiro atoms. The predicted octanol–water partition coefficient (Wildman–Crippen LogP) is 2.72. The molecule has 4 rings (SSSR count). The number of aryl methyl sites for hydroxylation is 1. The monoisotopic (exact) mass is 368 g/mol. The molecule has 1 saturated heterocycles. The van der Waals surface area contributed by atoms with E-state index in [4.69, 9.17) is 5.73 Å². The molecule has 6 nitrogen and oxygen atoms in total. The lowest BCUT2D eigenvalue weighted by Gasteiger charge is -2.21. The van der Waals surface area contributed by atoms with Crippen LogP contribution < -0.4 is 5.73 Å². The third-order valence-electron chi connectivity index (χ3n) is 4.93. The van der Waals surface area contributed by atoms with E-state index in [9.17, 15) is 9.59 Å². The molecular formula is C19H20N4O2S. The standard InChI is InChI=1S/C19H20N4O2S/c1-2-12-5-7-13(8-6-12)14-10-23-16(11-26-19(23)21-14)18(25)22-9-3-4-15(22)17(20)24/h5-8,10-11,15H,2-4,9H2,1H3,(H2,20,24)/t15-/m0/s1. The number of amides is 2. The minimum Gasteiger partial charge on any atom is -0.368 e. The molecule has 2 N–H and O–H groups in total. The second kappa shape index (κ2) is 6.57. The number of fused-ring (bicyclic) bond motifs is 1. The second-order valence-electron chi connectivity index (χ2n) is 6.51. The minimum absolute atomic E-state index is 0.164. The van der Waals surface area contributed by atoms with Gasteiger partial charge in [-0.3, -0.25) is 14.0 Å². The predicted molar refractivity (Wildman–Crippen MR) is 101 cm³/mol. The molecule has 1 aromatic carbocycles. The summed E-state index contributed by atoms with van der Waals surface area (Å²) < 4.78 is 1.81. The molecule has 1 fully saturated rings. The van der Waals surface area contributed by atoms with Crippen LogP contribution in [0.2, 0.25) is 0 Å². The number of carbonyl (C=O) groups excluding carboxylic acids is 2. The van der Waals surface area contributed by atoms with Gasteiger partial charge in [0.1, 0.15) is 11.7 Å². The molecular weight excluding hydrogens is 348 g/mol. The van der Waals surface area contributed by atoms with Gasteiger partial charge in [0.15, 0.2) is 4.96 Å². The summed E-state index contributed by atoms with van der Waals surface area (Å²) in [5, 5.41) is 1.80. The average molecular weight is 368 g/mol. The van der Waals surface area contributed by atoms with E-state index in [1.807, 2.05) is 10.6 Å². The highest BCUT2D eigenvalue weighted by molar-refractivity contribution is 7.15. The van der Waals surface area contributed by atoms with E-state index in [-0.39, 0.29) is 5.91 Å². The molecule has 0 unspecified atom stereocenters. The maximum absolute atomic E-state index is 12.9. The fourth-order valence-electron chi connectivity index (χ4n) is 3.44. The maximum atomic E-state index is 12.9. The molecule has 0 bridgehead atoms. The number of rotatable bonds is 4. The van der Waals surface area contributed by atoms with Gasteiger partial charge in [-0.05, 0) is 24.8 Å². The SMILES string of the molecule is CCc1ccc(-c2cn3c(C(=O)N4CCC[C@H]4C(N)=O)csc3n2)cc1. The Morgan fingerprint density at radius 2 is 2.08 bits per heavy atom. The van der Waals surface area contributed by atoms with Gasteiger partial charge in [-0.15, -0.1) is 11.3 Å². The van der Waals surface area contributed by atoms with Crippen LogP contribution in [0.1, 0.15) is 35.8 Å². The van der Waals surface area contributed by atoms with E-state index in [0.29, 0.717) is 18.7 Å². The van der Waals surface area contributed by atoms with Gasteiger partial charge in [0.25, 0.3) is 5.91 Å². The van der Waals surface area contributed by atoms with Crippen molar-refractivity contribution < 1.29 is 9.59 Å². The summed E-state index contributed by atoms with van der Waals surface area (Å²) in [5.74, 6) is -0.604. The Morgan fingerprint density at radius 1 is 1.31 bits per heavy atom. The van der Waals surface area contributed by atoms with Crippen LogP contribution in [0.4, 0.5) is 0 Å². The summed E-state index contributed by atoms with van der Waals surface area (Å²) in [7, 11) is 0. The van der Waals surface area contributed by atoms with E-state index in [1.165, 1.54) is 16.9 Å². The van der Waals surface area contributed by atoms with Crippen LogP contribution in [-0.2, 0) is 11.2 Å².